The van der Waals surface area contributed by atoms with Gasteiger partial charge in [-0.15, -0.1) is 0 Å². The highest BCUT2D eigenvalue weighted by molar-refractivity contribution is 6.18. The van der Waals surface area contributed by atoms with Crippen LogP contribution in [0.15, 0.2) is 144 Å². The Morgan fingerprint density at radius 2 is 1.11 bits per heavy atom. The van der Waals surface area contributed by atoms with Crippen molar-refractivity contribution < 1.29 is 4.42 Å². The maximum absolute atomic E-state index is 6.18. The number of benzene rings is 6. The molecule has 220 valence electrons. The minimum atomic E-state index is -0.417. The van der Waals surface area contributed by atoms with Gasteiger partial charge in [-0.05, 0) is 67.9 Å². The maximum atomic E-state index is 6.18. The number of nitrogens with zero attached hydrogens (tertiary/aromatic N) is 4. The average Bonchev–Trinajstić information content (AvgIpc) is 3.69. The van der Waals surface area contributed by atoms with Crippen LogP contribution in [0.4, 0.5) is 0 Å². The van der Waals surface area contributed by atoms with Gasteiger partial charge in [0.15, 0.2) is 11.6 Å². The van der Waals surface area contributed by atoms with Crippen LogP contribution in [0.25, 0.3) is 89.3 Å². The summed E-state index contributed by atoms with van der Waals surface area (Å²) < 4.78 is 6.18. The van der Waals surface area contributed by atoms with Crippen LogP contribution in [0, 0.1) is 0 Å². The van der Waals surface area contributed by atoms with Crippen molar-refractivity contribution in [3.8, 4) is 56.2 Å². The van der Waals surface area contributed by atoms with E-state index in [1.54, 1.807) is 6.20 Å². The molecule has 0 N–H and O–H groups in total. The number of aromatic nitrogens is 3. The van der Waals surface area contributed by atoms with Gasteiger partial charge in [0.25, 0.3) is 0 Å². The third-order valence-electron chi connectivity index (χ3n) is 9.33. The average molecular weight is 602 g/mol. The molecule has 6 aromatic carbocycles. The predicted octanol–water partition coefficient (Wildman–Crippen LogP) is 10.9. The summed E-state index contributed by atoms with van der Waals surface area (Å²) >= 11 is 0. The zero-order valence-corrected chi connectivity index (χ0v) is 25.1. The van der Waals surface area contributed by atoms with Gasteiger partial charge < -0.3 is 9.73 Å². The summed E-state index contributed by atoms with van der Waals surface area (Å²) in [6.07, 6.45) is 3.69. The Morgan fingerprint density at radius 3 is 1.91 bits per heavy atom. The molecule has 5 nitrogen and oxygen atoms in total. The summed E-state index contributed by atoms with van der Waals surface area (Å²) in [6, 6.07) is 46.1. The topological polar surface area (TPSA) is 65.9 Å². The fourth-order valence-corrected chi connectivity index (χ4v) is 7.18. The Morgan fingerprint density at radius 1 is 0.489 bits per heavy atom. The maximum Gasteiger partial charge on any atom is 0.163 e. The van der Waals surface area contributed by atoms with E-state index in [9.17, 15) is 0 Å². The minimum absolute atomic E-state index is 0.417. The molecule has 2 aliphatic rings. The van der Waals surface area contributed by atoms with E-state index in [4.69, 9.17) is 24.7 Å². The van der Waals surface area contributed by atoms with Crippen LogP contribution in [-0.4, -0.2) is 15.0 Å². The molecule has 0 bridgehead atoms. The SMILES string of the molecule is C1=Cc2oc3ccccc3c2C(c2nc(-c3ccccc3)nc(-c3ccc(-c4ccc5c6c(cccc46)-c4ccccc4-5)cc3)n2)[N-]1. The smallest absolute Gasteiger partial charge is 0.163 e. The predicted molar refractivity (Wildman–Crippen MR) is 189 cm³/mol. The summed E-state index contributed by atoms with van der Waals surface area (Å²) in [6.45, 7) is 0. The lowest BCUT2D eigenvalue weighted by atomic mass is 9.94. The van der Waals surface area contributed by atoms with E-state index >= 15 is 0 Å². The van der Waals surface area contributed by atoms with Crippen molar-refractivity contribution >= 4 is 27.8 Å². The fraction of sp³-hybridized carbons (Fsp3) is 0.0238. The fourth-order valence-electron chi connectivity index (χ4n) is 7.18. The van der Waals surface area contributed by atoms with Gasteiger partial charge >= 0.3 is 0 Å². The van der Waals surface area contributed by atoms with Gasteiger partial charge in [0.05, 0.1) is 0 Å². The van der Waals surface area contributed by atoms with E-state index < -0.39 is 6.04 Å². The van der Waals surface area contributed by atoms with Crippen LogP contribution < -0.4 is 0 Å². The van der Waals surface area contributed by atoms with Crippen molar-refractivity contribution in [1.29, 1.82) is 0 Å². The molecule has 0 saturated carbocycles. The van der Waals surface area contributed by atoms with Crippen LogP contribution in [0.5, 0.6) is 0 Å². The first-order valence-corrected chi connectivity index (χ1v) is 15.8. The molecule has 5 heteroatoms. The summed E-state index contributed by atoms with van der Waals surface area (Å²) in [7, 11) is 0. The summed E-state index contributed by atoms with van der Waals surface area (Å²) in [5.41, 5.74) is 11.2. The zero-order valence-electron chi connectivity index (χ0n) is 25.1. The lowest BCUT2D eigenvalue weighted by Crippen LogP contribution is -2.10. The highest BCUT2D eigenvalue weighted by atomic mass is 16.3. The van der Waals surface area contributed by atoms with Gasteiger partial charge in [0.2, 0.25) is 0 Å². The Kier molecular flexibility index (Phi) is 5.57. The number of hydrogen-bond acceptors (Lipinski definition) is 4. The van der Waals surface area contributed by atoms with Gasteiger partial charge in [-0.1, -0.05) is 127 Å². The molecule has 0 saturated heterocycles. The monoisotopic (exact) mass is 601 g/mol. The van der Waals surface area contributed by atoms with E-state index in [0.717, 1.165) is 39.0 Å². The number of furan rings is 1. The van der Waals surface area contributed by atoms with Gasteiger partial charge in [0.1, 0.15) is 17.2 Å². The summed E-state index contributed by atoms with van der Waals surface area (Å²) in [4.78, 5) is 15.0. The first-order valence-electron chi connectivity index (χ1n) is 15.8. The van der Waals surface area contributed by atoms with Crippen molar-refractivity contribution in [1.82, 2.24) is 15.0 Å². The molecule has 1 unspecified atom stereocenters. The molecule has 0 radical (unpaired) electrons. The normalized spacial score (nSPS) is 14.3. The van der Waals surface area contributed by atoms with Gasteiger partial charge in [0, 0.05) is 16.5 Å². The molecular weight excluding hydrogens is 576 g/mol. The molecule has 1 atom stereocenters. The Labute approximate surface area is 270 Å². The third-order valence-corrected chi connectivity index (χ3v) is 9.33. The second-order valence-electron chi connectivity index (χ2n) is 12.0. The van der Waals surface area contributed by atoms with Crippen LogP contribution in [-0.2, 0) is 0 Å². The largest absolute Gasteiger partial charge is 0.678 e. The molecule has 47 heavy (non-hydrogen) atoms. The first kappa shape index (κ1) is 25.9. The first-order chi connectivity index (χ1) is 23.3. The molecular formula is C42H25N4O-. The van der Waals surface area contributed by atoms with Gasteiger partial charge in [-0.3, -0.25) is 0 Å². The summed E-state index contributed by atoms with van der Waals surface area (Å²) in [5, 5.41) is 8.45. The van der Waals surface area contributed by atoms with Crippen molar-refractivity contribution in [2.24, 2.45) is 0 Å². The van der Waals surface area contributed by atoms with Crippen molar-refractivity contribution in [2.75, 3.05) is 0 Å². The molecule has 8 aromatic rings. The van der Waals surface area contributed by atoms with Crippen molar-refractivity contribution in [2.45, 2.75) is 6.04 Å². The third kappa shape index (κ3) is 4.00. The second-order valence-corrected chi connectivity index (χ2v) is 12.0. The second kappa shape index (κ2) is 10.1. The minimum Gasteiger partial charge on any atom is -0.678 e. The highest BCUT2D eigenvalue weighted by Gasteiger charge is 2.24. The molecule has 1 aliphatic carbocycles. The van der Waals surface area contributed by atoms with Crippen LogP contribution in [0.2, 0.25) is 0 Å². The van der Waals surface area contributed by atoms with E-state index in [2.05, 4.69) is 84.9 Å². The lowest BCUT2D eigenvalue weighted by molar-refractivity contribution is 0.594. The Balaban J connectivity index is 1.09. The molecule has 1 aliphatic heterocycles. The molecule has 10 rings (SSSR count). The Hall–Kier alpha value is -6.33. The van der Waals surface area contributed by atoms with Crippen LogP contribution >= 0.6 is 0 Å². The van der Waals surface area contributed by atoms with E-state index in [-0.39, 0.29) is 0 Å². The van der Waals surface area contributed by atoms with Gasteiger partial charge in [-0.25, -0.2) is 15.0 Å². The van der Waals surface area contributed by atoms with Crippen LogP contribution in [0.3, 0.4) is 0 Å². The van der Waals surface area contributed by atoms with Gasteiger partial charge in [-0.2, -0.15) is 6.20 Å². The number of fused-ring (bicyclic) bond motifs is 6. The van der Waals surface area contributed by atoms with E-state index in [1.165, 1.54) is 38.6 Å². The molecule has 3 heterocycles. The summed E-state index contributed by atoms with van der Waals surface area (Å²) in [5.74, 6) is 2.59. The number of hydrogen-bond donors (Lipinski definition) is 0. The molecule has 0 amide bonds. The quantitative estimate of drug-likeness (QED) is 0.201. The zero-order chi connectivity index (χ0) is 30.9. The Bertz CT molecular complexity index is 2520. The van der Waals surface area contributed by atoms with Crippen molar-refractivity contribution in [3.63, 3.8) is 0 Å². The van der Waals surface area contributed by atoms with Crippen molar-refractivity contribution in [3.05, 3.63) is 162 Å². The highest BCUT2D eigenvalue weighted by Crippen LogP contribution is 2.49. The van der Waals surface area contributed by atoms with E-state index in [0.29, 0.717) is 17.5 Å². The molecule has 0 fully saturated rings. The molecule has 0 spiro atoms. The number of para-hydroxylation sites is 1. The molecule has 2 aromatic heterocycles. The van der Waals surface area contributed by atoms with Crippen LogP contribution in [0.1, 0.15) is 23.2 Å². The van der Waals surface area contributed by atoms with E-state index in [1.807, 2.05) is 54.6 Å². The standard InChI is InChI=1S/C42H25N4O/c1-2-9-26(10-3-1)40-44-41(46-42(45-40)39-38-34-13-6-7-16-35(34)47-36(38)23-24-43-39)27-19-17-25(18-20-27)28-21-22-33-30-12-5-4-11-29(30)32-15-8-14-31(28)37(32)33/h1-24,39H/q-1. The lowest BCUT2D eigenvalue weighted by Gasteiger charge is -2.31. The number of rotatable bonds is 4.